The molecule has 0 radical (unpaired) electrons. The number of carbonyl (C=O) groups excluding carboxylic acids is 3. The average molecular weight is 432 g/mol. The molecule has 30 heavy (non-hydrogen) atoms. The Morgan fingerprint density at radius 3 is 2.50 bits per heavy atom. The standard InChI is InChI=1S/C20H20N2O7S/c1-28-16-8-4-2-6-14(16)19(24)21-11-10-18(23)29-13-12-22-20(25)15-7-3-5-9-17(15)30(22,26)27/h2-9H,10-13H2,1H3,(H,21,24). The van der Waals surface area contributed by atoms with Gasteiger partial charge in [-0.05, 0) is 24.3 Å². The zero-order valence-corrected chi connectivity index (χ0v) is 17.0. The molecule has 0 bridgehead atoms. The summed E-state index contributed by atoms with van der Waals surface area (Å²) < 4.78 is 35.6. The van der Waals surface area contributed by atoms with E-state index < -0.39 is 27.8 Å². The Hall–Kier alpha value is -3.40. The molecule has 3 rings (SSSR count). The Morgan fingerprint density at radius 1 is 1.07 bits per heavy atom. The fourth-order valence-electron chi connectivity index (χ4n) is 2.97. The molecule has 2 amide bonds. The molecule has 1 heterocycles. The summed E-state index contributed by atoms with van der Waals surface area (Å²) in [4.78, 5) is 36.2. The highest BCUT2D eigenvalue weighted by atomic mass is 32.2. The maximum absolute atomic E-state index is 12.4. The molecule has 0 saturated heterocycles. The van der Waals surface area contributed by atoms with Gasteiger partial charge < -0.3 is 14.8 Å². The van der Waals surface area contributed by atoms with E-state index in [-0.39, 0.29) is 36.6 Å². The fourth-order valence-corrected chi connectivity index (χ4v) is 4.53. The lowest BCUT2D eigenvalue weighted by Crippen LogP contribution is -2.34. The Kier molecular flexibility index (Phi) is 6.36. The van der Waals surface area contributed by atoms with E-state index >= 15 is 0 Å². The quantitative estimate of drug-likeness (QED) is 0.623. The number of nitrogens with zero attached hydrogens (tertiary/aromatic N) is 1. The molecule has 0 spiro atoms. The van der Waals surface area contributed by atoms with Crippen LogP contribution in [0.25, 0.3) is 0 Å². The molecule has 0 aliphatic carbocycles. The molecule has 1 aliphatic heterocycles. The van der Waals surface area contributed by atoms with Crippen LogP contribution in [0.1, 0.15) is 27.1 Å². The van der Waals surface area contributed by atoms with Gasteiger partial charge >= 0.3 is 5.97 Å². The average Bonchev–Trinajstić information content (AvgIpc) is 2.94. The summed E-state index contributed by atoms with van der Waals surface area (Å²) >= 11 is 0. The summed E-state index contributed by atoms with van der Waals surface area (Å²) in [6.07, 6.45) is -0.109. The number of ether oxygens (including phenoxy) is 2. The van der Waals surface area contributed by atoms with Crippen LogP contribution in [0.4, 0.5) is 0 Å². The summed E-state index contributed by atoms with van der Waals surface area (Å²) in [6.45, 7) is -0.532. The second kappa shape index (κ2) is 8.95. The van der Waals surface area contributed by atoms with Crippen LogP contribution in [0, 0.1) is 0 Å². The van der Waals surface area contributed by atoms with Crippen molar-refractivity contribution in [3.8, 4) is 5.75 Å². The Bertz CT molecular complexity index is 1080. The highest BCUT2D eigenvalue weighted by Gasteiger charge is 2.40. The maximum atomic E-state index is 12.4. The largest absolute Gasteiger partial charge is 0.496 e. The predicted molar refractivity (Wildman–Crippen MR) is 106 cm³/mol. The first-order valence-electron chi connectivity index (χ1n) is 9.09. The molecule has 0 aromatic heterocycles. The van der Waals surface area contributed by atoms with E-state index in [0.29, 0.717) is 15.6 Å². The lowest BCUT2D eigenvalue weighted by Gasteiger charge is -2.15. The van der Waals surface area contributed by atoms with E-state index in [1.165, 1.54) is 25.3 Å². The van der Waals surface area contributed by atoms with E-state index in [9.17, 15) is 22.8 Å². The number of benzene rings is 2. The van der Waals surface area contributed by atoms with Crippen molar-refractivity contribution in [2.75, 3.05) is 26.8 Å². The lowest BCUT2D eigenvalue weighted by atomic mass is 10.2. The van der Waals surface area contributed by atoms with Gasteiger partial charge in [0.15, 0.2) is 0 Å². The molecule has 0 unspecified atom stereocenters. The van der Waals surface area contributed by atoms with Gasteiger partial charge in [-0.25, -0.2) is 12.7 Å². The predicted octanol–water partition coefficient (Wildman–Crippen LogP) is 1.20. The van der Waals surface area contributed by atoms with Crippen molar-refractivity contribution in [2.45, 2.75) is 11.3 Å². The summed E-state index contributed by atoms with van der Waals surface area (Å²) in [5.74, 6) is -1.26. The zero-order chi connectivity index (χ0) is 21.7. The van der Waals surface area contributed by atoms with Crippen molar-refractivity contribution in [3.63, 3.8) is 0 Å². The molecule has 9 nitrogen and oxygen atoms in total. The van der Waals surface area contributed by atoms with E-state index in [4.69, 9.17) is 9.47 Å². The van der Waals surface area contributed by atoms with Crippen LogP contribution in [0.5, 0.6) is 5.75 Å². The molecule has 0 fully saturated rings. The second-order valence-electron chi connectivity index (χ2n) is 6.31. The summed E-state index contributed by atoms with van der Waals surface area (Å²) in [7, 11) is -2.48. The maximum Gasteiger partial charge on any atom is 0.307 e. The van der Waals surface area contributed by atoms with E-state index in [2.05, 4.69) is 5.32 Å². The number of carbonyl (C=O) groups is 3. The Morgan fingerprint density at radius 2 is 1.77 bits per heavy atom. The number of methoxy groups -OCH3 is 1. The zero-order valence-electron chi connectivity index (χ0n) is 16.2. The van der Waals surface area contributed by atoms with Gasteiger partial charge in [0, 0.05) is 6.54 Å². The first-order chi connectivity index (χ1) is 14.4. The third kappa shape index (κ3) is 4.28. The Labute approximate surface area is 173 Å². The third-order valence-electron chi connectivity index (χ3n) is 4.44. The van der Waals surface area contributed by atoms with Crippen LogP contribution in [0.3, 0.4) is 0 Å². The number of hydrogen-bond acceptors (Lipinski definition) is 7. The first-order valence-corrected chi connectivity index (χ1v) is 10.5. The molecule has 10 heteroatoms. The van der Waals surface area contributed by atoms with Crippen LogP contribution in [0.15, 0.2) is 53.4 Å². The number of nitrogens with one attached hydrogen (secondary N) is 1. The monoisotopic (exact) mass is 432 g/mol. The highest BCUT2D eigenvalue weighted by Crippen LogP contribution is 2.29. The van der Waals surface area contributed by atoms with Gasteiger partial charge in [-0.3, -0.25) is 14.4 Å². The smallest absolute Gasteiger partial charge is 0.307 e. The van der Waals surface area contributed by atoms with Gasteiger partial charge in [0.1, 0.15) is 17.3 Å². The summed E-state index contributed by atoms with van der Waals surface area (Å²) in [6, 6.07) is 12.6. The number of rotatable bonds is 8. The SMILES string of the molecule is COc1ccccc1C(=O)NCCC(=O)OCCN1C(=O)c2ccccc2S1(=O)=O. The van der Waals surface area contributed by atoms with Gasteiger partial charge in [0.25, 0.3) is 21.8 Å². The molecular weight excluding hydrogens is 412 g/mol. The van der Waals surface area contributed by atoms with Crippen molar-refractivity contribution in [2.24, 2.45) is 0 Å². The normalized spacial score (nSPS) is 14.2. The van der Waals surface area contributed by atoms with Gasteiger partial charge in [-0.2, -0.15) is 0 Å². The minimum absolute atomic E-state index is 0.0299. The van der Waals surface area contributed by atoms with Crippen molar-refractivity contribution in [1.29, 1.82) is 0 Å². The summed E-state index contributed by atoms with van der Waals surface area (Å²) in [5, 5.41) is 2.59. The molecule has 0 saturated carbocycles. The van der Waals surface area contributed by atoms with E-state index in [1.54, 1.807) is 30.3 Å². The van der Waals surface area contributed by atoms with Gasteiger partial charge in [0.2, 0.25) is 0 Å². The van der Waals surface area contributed by atoms with Crippen molar-refractivity contribution >= 4 is 27.8 Å². The molecule has 1 N–H and O–H groups in total. The molecule has 2 aromatic carbocycles. The number of esters is 1. The number of fused-ring (bicyclic) bond motifs is 1. The first kappa shape index (κ1) is 21.3. The van der Waals surface area contributed by atoms with Crippen LogP contribution < -0.4 is 10.1 Å². The number of amides is 2. The van der Waals surface area contributed by atoms with Crippen molar-refractivity contribution in [3.05, 3.63) is 59.7 Å². The minimum atomic E-state index is -3.94. The van der Waals surface area contributed by atoms with Crippen LogP contribution in [-0.4, -0.2) is 57.3 Å². The fraction of sp³-hybridized carbons (Fsp3) is 0.250. The lowest BCUT2D eigenvalue weighted by molar-refractivity contribution is -0.143. The van der Waals surface area contributed by atoms with Crippen molar-refractivity contribution < 1.29 is 32.3 Å². The highest BCUT2D eigenvalue weighted by molar-refractivity contribution is 7.90. The molecule has 158 valence electrons. The number of sulfonamides is 1. The topological polar surface area (TPSA) is 119 Å². The van der Waals surface area contributed by atoms with E-state index in [1.807, 2.05) is 0 Å². The van der Waals surface area contributed by atoms with Crippen LogP contribution in [-0.2, 0) is 19.6 Å². The Balaban J connectivity index is 1.45. The number of para-hydroxylation sites is 1. The molecule has 2 aromatic rings. The van der Waals surface area contributed by atoms with Crippen LogP contribution >= 0.6 is 0 Å². The second-order valence-corrected chi connectivity index (χ2v) is 8.14. The van der Waals surface area contributed by atoms with Gasteiger partial charge in [0.05, 0.1) is 31.2 Å². The van der Waals surface area contributed by atoms with Gasteiger partial charge in [-0.1, -0.05) is 24.3 Å². The van der Waals surface area contributed by atoms with Crippen molar-refractivity contribution in [1.82, 2.24) is 9.62 Å². The number of hydrogen-bond donors (Lipinski definition) is 1. The van der Waals surface area contributed by atoms with E-state index in [0.717, 1.165) is 0 Å². The summed E-state index contributed by atoms with van der Waals surface area (Å²) in [5.41, 5.74) is 0.438. The molecule has 0 atom stereocenters. The molecular formula is C20H20N2O7S. The third-order valence-corrected chi connectivity index (χ3v) is 6.28. The minimum Gasteiger partial charge on any atom is -0.496 e. The van der Waals surface area contributed by atoms with Gasteiger partial charge in [-0.15, -0.1) is 0 Å². The van der Waals surface area contributed by atoms with Crippen LogP contribution in [0.2, 0.25) is 0 Å². The molecule has 1 aliphatic rings.